The van der Waals surface area contributed by atoms with Crippen LogP contribution in [0.3, 0.4) is 0 Å². The average molecular weight is 317 g/mol. The van der Waals surface area contributed by atoms with Crippen molar-refractivity contribution in [2.45, 2.75) is 102 Å². The van der Waals surface area contributed by atoms with E-state index < -0.39 is 6.17 Å². The van der Waals surface area contributed by atoms with Gasteiger partial charge in [-0.1, -0.05) is 51.9 Å². The van der Waals surface area contributed by atoms with Crippen LogP contribution in [0.4, 0.5) is 4.39 Å². The smallest absolute Gasteiger partial charge is 0.103 e. The highest BCUT2D eigenvalue weighted by Gasteiger charge is 2.33. The summed E-state index contributed by atoms with van der Waals surface area (Å²) >= 11 is 6.06. The molecule has 2 unspecified atom stereocenters. The monoisotopic (exact) mass is 316 g/mol. The molecule has 3 aliphatic rings. The van der Waals surface area contributed by atoms with Gasteiger partial charge in [0.1, 0.15) is 6.17 Å². The largest absolute Gasteiger partial charge is 0.247 e. The van der Waals surface area contributed by atoms with Gasteiger partial charge in [0, 0.05) is 5.38 Å². The van der Waals surface area contributed by atoms with Gasteiger partial charge in [0.25, 0.3) is 0 Å². The van der Waals surface area contributed by atoms with Crippen LogP contribution in [-0.4, -0.2) is 11.5 Å². The summed E-state index contributed by atoms with van der Waals surface area (Å²) < 4.78 is 13.7. The van der Waals surface area contributed by atoms with Gasteiger partial charge in [-0.05, 0) is 56.3 Å². The molecule has 3 saturated carbocycles. The van der Waals surface area contributed by atoms with E-state index in [-0.39, 0.29) is 0 Å². The molecule has 0 aromatic carbocycles. The molecule has 0 nitrogen and oxygen atoms in total. The molecule has 2 atom stereocenters. The lowest BCUT2D eigenvalue weighted by Gasteiger charge is -2.36. The second-order valence-corrected chi connectivity index (χ2v) is 8.34. The third kappa shape index (κ3) is 6.08. The van der Waals surface area contributed by atoms with Gasteiger partial charge >= 0.3 is 0 Å². The third-order valence-corrected chi connectivity index (χ3v) is 6.37. The molecule has 21 heavy (non-hydrogen) atoms. The van der Waals surface area contributed by atoms with Crippen LogP contribution in [0.15, 0.2) is 0 Å². The van der Waals surface area contributed by atoms with Crippen molar-refractivity contribution in [3.63, 3.8) is 0 Å². The fraction of sp³-hybridized carbons (Fsp3) is 1.00. The molecule has 0 radical (unpaired) electrons. The second kappa shape index (κ2) is 9.38. The van der Waals surface area contributed by atoms with Crippen molar-refractivity contribution in [3.05, 3.63) is 0 Å². The topological polar surface area (TPSA) is 0 Å². The Labute approximate surface area is 136 Å². The van der Waals surface area contributed by atoms with E-state index in [9.17, 15) is 4.39 Å². The van der Waals surface area contributed by atoms with Crippen LogP contribution in [0.5, 0.6) is 0 Å². The maximum Gasteiger partial charge on any atom is 0.103 e. The van der Waals surface area contributed by atoms with Crippen LogP contribution in [0.2, 0.25) is 0 Å². The second-order valence-electron chi connectivity index (χ2n) is 7.72. The number of rotatable bonds is 1. The Kier molecular flexibility index (Phi) is 7.85. The van der Waals surface area contributed by atoms with Crippen molar-refractivity contribution < 1.29 is 4.39 Å². The fourth-order valence-electron chi connectivity index (χ4n) is 4.46. The molecule has 0 bridgehead atoms. The first kappa shape index (κ1) is 17.6. The first-order valence-electron chi connectivity index (χ1n) is 9.45. The first-order valence-corrected chi connectivity index (χ1v) is 9.88. The lowest BCUT2D eigenvalue weighted by molar-refractivity contribution is 0.0929. The van der Waals surface area contributed by atoms with Crippen LogP contribution in [-0.2, 0) is 0 Å². The molecule has 0 heterocycles. The molecule has 3 fully saturated rings. The summed E-state index contributed by atoms with van der Waals surface area (Å²) in [5.74, 6) is 2.04. The van der Waals surface area contributed by atoms with Gasteiger partial charge < -0.3 is 0 Å². The predicted molar refractivity (Wildman–Crippen MR) is 90.7 cm³/mol. The Bertz CT molecular complexity index is 267. The van der Waals surface area contributed by atoms with Crippen molar-refractivity contribution in [1.82, 2.24) is 0 Å². The van der Waals surface area contributed by atoms with Crippen LogP contribution < -0.4 is 0 Å². The number of hydrogen-bond acceptors (Lipinski definition) is 0. The average Bonchev–Trinajstić information content (AvgIpc) is 2.50. The quantitative estimate of drug-likeness (QED) is 0.461. The summed E-state index contributed by atoms with van der Waals surface area (Å²) in [5, 5.41) is 0.368. The van der Waals surface area contributed by atoms with Gasteiger partial charge in [0.05, 0.1) is 0 Å². The molecule has 0 aromatic rings. The molecule has 0 N–H and O–H groups in total. The van der Waals surface area contributed by atoms with Crippen molar-refractivity contribution in [1.29, 1.82) is 0 Å². The van der Waals surface area contributed by atoms with E-state index in [0.29, 0.717) is 17.2 Å². The van der Waals surface area contributed by atoms with Crippen LogP contribution in [0.25, 0.3) is 0 Å². The van der Waals surface area contributed by atoms with E-state index in [1.54, 1.807) is 0 Å². The SMILES string of the molecule is CC1CCCCC1.FC1CCCCC1C1CCC(Cl)CC1. The summed E-state index contributed by atoms with van der Waals surface area (Å²) in [5.41, 5.74) is 0. The zero-order valence-corrected chi connectivity index (χ0v) is 14.6. The zero-order valence-electron chi connectivity index (χ0n) is 13.8. The standard InChI is InChI=1S/C12H20ClF.C7H14/c13-10-7-5-9(6-8-10)11-3-1-2-4-12(11)14;1-7-5-3-2-4-6-7/h9-12H,1-8H2;7H,2-6H2,1H3. The number of alkyl halides is 2. The Morgan fingerprint density at radius 3 is 1.81 bits per heavy atom. The highest BCUT2D eigenvalue weighted by molar-refractivity contribution is 6.20. The van der Waals surface area contributed by atoms with E-state index in [2.05, 4.69) is 6.92 Å². The molecule has 124 valence electrons. The number of hydrogen-bond donors (Lipinski definition) is 0. The Balaban J connectivity index is 0.000000194. The van der Waals surface area contributed by atoms with Crippen LogP contribution >= 0.6 is 11.6 Å². The van der Waals surface area contributed by atoms with Gasteiger partial charge in [-0.25, -0.2) is 4.39 Å². The van der Waals surface area contributed by atoms with E-state index in [0.717, 1.165) is 38.0 Å². The Morgan fingerprint density at radius 1 is 0.714 bits per heavy atom. The summed E-state index contributed by atoms with van der Waals surface area (Å²) in [7, 11) is 0. The lowest BCUT2D eigenvalue weighted by atomic mass is 9.72. The molecule has 2 heteroatoms. The van der Waals surface area contributed by atoms with Crippen molar-refractivity contribution in [3.8, 4) is 0 Å². The van der Waals surface area contributed by atoms with Crippen LogP contribution in [0, 0.1) is 17.8 Å². The molecule has 3 rings (SSSR count). The van der Waals surface area contributed by atoms with Gasteiger partial charge in [0.15, 0.2) is 0 Å². The summed E-state index contributed by atoms with van der Waals surface area (Å²) in [4.78, 5) is 0. The van der Waals surface area contributed by atoms with E-state index in [1.165, 1.54) is 51.4 Å². The van der Waals surface area contributed by atoms with E-state index in [4.69, 9.17) is 11.6 Å². The Morgan fingerprint density at radius 2 is 1.29 bits per heavy atom. The lowest BCUT2D eigenvalue weighted by Crippen LogP contribution is -2.31. The summed E-state index contributed by atoms with van der Waals surface area (Å²) in [6.07, 6.45) is 15.7. The maximum atomic E-state index is 13.7. The van der Waals surface area contributed by atoms with Gasteiger partial charge in [0.2, 0.25) is 0 Å². The highest BCUT2D eigenvalue weighted by Crippen LogP contribution is 2.40. The minimum Gasteiger partial charge on any atom is -0.247 e. The highest BCUT2D eigenvalue weighted by atomic mass is 35.5. The third-order valence-electron chi connectivity index (χ3n) is 5.93. The van der Waals surface area contributed by atoms with Gasteiger partial charge in [-0.15, -0.1) is 11.6 Å². The van der Waals surface area contributed by atoms with Gasteiger partial charge in [-0.3, -0.25) is 0 Å². The molecule has 0 aromatic heterocycles. The zero-order chi connectivity index (χ0) is 15.1. The minimum absolute atomic E-state index is 0.368. The molecule has 0 saturated heterocycles. The minimum atomic E-state index is -0.513. The molecule has 0 amide bonds. The van der Waals surface area contributed by atoms with E-state index in [1.807, 2.05) is 0 Å². The predicted octanol–water partition coefficient (Wildman–Crippen LogP) is 6.90. The fourth-order valence-corrected chi connectivity index (χ4v) is 4.71. The van der Waals surface area contributed by atoms with Crippen molar-refractivity contribution in [2.75, 3.05) is 0 Å². The van der Waals surface area contributed by atoms with Crippen LogP contribution in [0.1, 0.15) is 90.4 Å². The summed E-state index contributed by atoms with van der Waals surface area (Å²) in [6, 6.07) is 0. The van der Waals surface area contributed by atoms with Gasteiger partial charge in [-0.2, -0.15) is 0 Å². The van der Waals surface area contributed by atoms with E-state index >= 15 is 0 Å². The molecule has 0 spiro atoms. The maximum absolute atomic E-state index is 13.7. The summed E-state index contributed by atoms with van der Waals surface area (Å²) in [6.45, 7) is 2.36. The number of halogens is 2. The molecule has 0 aliphatic heterocycles. The molecule has 3 aliphatic carbocycles. The normalized spacial score (nSPS) is 38.4. The van der Waals surface area contributed by atoms with Crippen molar-refractivity contribution >= 4 is 11.6 Å². The first-order chi connectivity index (χ1) is 10.2. The Hall–Kier alpha value is 0.220. The molecular formula is C19H34ClF. The molecular weight excluding hydrogens is 283 g/mol. The van der Waals surface area contributed by atoms with Crippen molar-refractivity contribution in [2.24, 2.45) is 17.8 Å².